The van der Waals surface area contributed by atoms with Crippen LogP contribution in [0.5, 0.6) is 11.5 Å². The number of ether oxygens (including phenoxy) is 2. The van der Waals surface area contributed by atoms with Crippen LogP contribution in [0.4, 0.5) is 5.82 Å². The number of ketones is 1. The fourth-order valence-corrected chi connectivity index (χ4v) is 3.69. The van der Waals surface area contributed by atoms with Gasteiger partial charge in [-0.05, 0) is 43.7 Å². The summed E-state index contributed by atoms with van der Waals surface area (Å²) < 4.78 is 15.9. The Morgan fingerprint density at radius 1 is 1.12 bits per heavy atom. The van der Waals surface area contributed by atoms with Gasteiger partial charge in [-0.3, -0.25) is 14.5 Å². The monoisotopic (exact) mass is 434 g/mol. The van der Waals surface area contributed by atoms with Crippen molar-refractivity contribution in [1.29, 1.82) is 0 Å². The molecule has 2 aromatic carbocycles. The van der Waals surface area contributed by atoms with Crippen LogP contribution < -0.4 is 14.4 Å². The van der Waals surface area contributed by atoms with Crippen molar-refractivity contribution in [3.05, 3.63) is 77.1 Å². The third kappa shape index (κ3) is 3.71. The number of methoxy groups -OCH3 is 1. The lowest BCUT2D eigenvalue weighted by Gasteiger charge is -2.23. The summed E-state index contributed by atoms with van der Waals surface area (Å²) in [6, 6.07) is 14.3. The van der Waals surface area contributed by atoms with E-state index in [1.807, 2.05) is 6.92 Å². The molecule has 1 atom stereocenters. The molecule has 1 N–H and O–H groups in total. The summed E-state index contributed by atoms with van der Waals surface area (Å²) in [5.74, 6) is -0.0880. The van der Waals surface area contributed by atoms with Crippen molar-refractivity contribution in [2.45, 2.75) is 19.9 Å². The highest BCUT2D eigenvalue weighted by atomic mass is 16.5. The van der Waals surface area contributed by atoms with Crippen molar-refractivity contribution in [3.63, 3.8) is 0 Å². The maximum atomic E-state index is 13.1. The van der Waals surface area contributed by atoms with E-state index in [1.165, 1.54) is 12.0 Å². The van der Waals surface area contributed by atoms with Crippen molar-refractivity contribution in [2.75, 3.05) is 18.6 Å². The molecule has 32 heavy (non-hydrogen) atoms. The lowest BCUT2D eigenvalue weighted by atomic mass is 9.95. The highest BCUT2D eigenvalue weighted by molar-refractivity contribution is 6.51. The van der Waals surface area contributed by atoms with E-state index in [4.69, 9.17) is 14.0 Å². The molecule has 3 aromatic rings. The summed E-state index contributed by atoms with van der Waals surface area (Å²) in [7, 11) is 1.50. The van der Waals surface area contributed by atoms with E-state index >= 15 is 0 Å². The Bertz CT molecular complexity index is 1200. The van der Waals surface area contributed by atoms with Crippen molar-refractivity contribution in [2.24, 2.45) is 0 Å². The van der Waals surface area contributed by atoms with Crippen LogP contribution in [0.2, 0.25) is 0 Å². The van der Waals surface area contributed by atoms with Gasteiger partial charge in [0.2, 0.25) is 0 Å². The van der Waals surface area contributed by atoms with Gasteiger partial charge in [0.05, 0.1) is 25.3 Å². The Balaban J connectivity index is 1.90. The van der Waals surface area contributed by atoms with Crippen LogP contribution in [0.1, 0.15) is 29.9 Å². The van der Waals surface area contributed by atoms with E-state index in [2.05, 4.69) is 5.16 Å². The summed E-state index contributed by atoms with van der Waals surface area (Å²) in [6.07, 6.45) is 0. The van der Waals surface area contributed by atoms with E-state index < -0.39 is 17.7 Å². The van der Waals surface area contributed by atoms with Gasteiger partial charge < -0.3 is 19.1 Å². The molecule has 1 aromatic heterocycles. The van der Waals surface area contributed by atoms with E-state index in [0.29, 0.717) is 35.0 Å². The molecule has 0 saturated carbocycles. The first-order chi connectivity index (χ1) is 15.4. The van der Waals surface area contributed by atoms with Gasteiger partial charge in [-0.25, -0.2) is 0 Å². The molecule has 1 fully saturated rings. The lowest BCUT2D eigenvalue weighted by Crippen LogP contribution is -2.29. The normalized spacial score (nSPS) is 17.6. The van der Waals surface area contributed by atoms with Gasteiger partial charge in [-0.2, -0.15) is 0 Å². The van der Waals surface area contributed by atoms with Crippen LogP contribution in [0.15, 0.2) is 64.7 Å². The summed E-state index contributed by atoms with van der Waals surface area (Å²) in [5, 5.41) is 15.1. The maximum absolute atomic E-state index is 13.1. The molecule has 8 heteroatoms. The van der Waals surface area contributed by atoms with E-state index in [1.54, 1.807) is 61.5 Å². The van der Waals surface area contributed by atoms with Crippen LogP contribution in [0, 0.1) is 6.92 Å². The Hall–Kier alpha value is -4.07. The first kappa shape index (κ1) is 21.2. The number of aliphatic hydroxyl groups is 1. The Morgan fingerprint density at radius 2 is 1.88 bits per heavy atom. The zero-order chi connectivity index (χ0) is 22.8. The number of aliphatic hydroxyl groups excluding tert-OH is 1. The number of nitrogens with zero attached hydrogens (tertiary/aromatic N) is 2. The van der Waals surface area contributed by atoms with Crippen molar-refractivity contribution in [1.82, 2.24) is 5.16 Å². The van der Waals surface area contributed by atoms with Gasteiger partial charge in [0, 0.05) is 11.6 Å². The van der Waals surface area contributed by atoms with Crippen LogP contribution in [-0.4, -0.2) is 35.7 Å². The summed E-state index contributed by atoms with van der Waals surface area (Å²) >= 11 is 0. The molecule has 1 amide bonds. The number of benzene rings is 2. The highest BCUT2D eigenvalue weighted by Gasteiger charge is 2.48. The number of carbonyl (C=O) groups excluding carboxylic acids is 2. The minimum Gasteiger partial charge on any atom is -0.507 e. The average Bonchev–Trinajstić information content (AvgIpc) is 3.34. The molecule has 0 bridgehead atoms. The number of hydrogen-bond donors (Lipinski definition) is 1. The van der Waals surface area contributed by atoms with Gasteiger partial charge in [0.15, 0.2) is 5.82 Å². The standard InChI is InChI=1S/C24H22N2O6/c1-4-31-17-10-8-15(9-11-17)21-20(22(27)16-6-5-7-18(13-16)30-3)23(28)24(29)26(21)19-12-14(2)32-25-19/h5-13,21,27H,4H2,1-3H3/t21-/m0/s1. The number of hydrogen-bond acceptors (Lipinski definition) is 7. The zero-order valence-electron chi connectivity index (χ0n) is 17.9. The quantitative estimate of drug-likeness (QED) is 0.355. The second-order valence-electron chi connectivity index (χ2n) is 7.20. The molecule has 164 valence electrons. The second-order valence-corrected chi connectivity index (χ2v) is 7.20. The molecule has 8 nitrogen and oxygen atoms in total. The molecular weight excluding hydrogens is 412 g/mol. The highest BCUT2D eigenvalue weighted by Crippen LogP contribution is 2.42. The number of carbonyl (C=O) groups is 2. The predicted octanol–water partition coefficient (Wildman–Crippen LogP) is 4.02. The second kappa shape index (κ2) is 8.58. The largest absolute Gasteiger partial charge is 0.507 e. The van der Waals surface area contributed by atoms with Crippen LogP contribution in [0.3, 0.4) is 0 Å². The van der Waals surface area contributed by atoms with E-state index in [9.17, 15) is 14.7 Å². The first-order valence-corrected chi connectivity index (χ1v) is 10.1. The molecule has 1 aliphatic heterocycles. The van der Waals surface area contributed by atoms with Gasteiger partial charge >= 0.3 is 5.91 Å². The zero-order valence-corrected chi connectivity index (χ0v) is 17.9. The summed E-state index contributed by atoms with van der Waals surface area (Å²) in [5.41, 5.74) is 0.917. The number of rotatable bonds is 6. The van der Waals surface area contributed by atoms with Gasteiger partial charge in [-0.15, -0.1) is 0 Å². The minimum atomic E-state index is -0.902. The fourth-order valence-electron chi connectivity index (χ4n) is 3.69. The van der Waals surface area contributed by atoms with Gasteiger partial charge in [-0.1, -0.05) is 29.4 Å². The van der Waals surface area contributed by atoms with Crippen molar-refractivity contribution in [3.8, 4) is 11.5 Å². The molecule has 2 heterocycles. The Labute approximate surface area is 184 Å². The van der Waals surface area contributed by atoms with Gasteiger partial charge in [0.25, 0.3) is 5.78 Å². The third-order valence-electron chi connectivity index (χ3n) is 5.16. The first-order valence-electron chi connectivity index (χ1n) is 10.1. The molecule has 0 unspecified atom stereocenters. The molecule has 1 saturated heterocycles. The Kier molecular flexibility index (Phi) is 5.68. The molecule has 1 aliphatic rings. The maximum Gasteiger partial charge on any atom is 0.301 e. The average molecular weight is 434 g/mol. The third-order valence-corrected chi connectivity index (χ3v) is 5.16. The number of amides is 1. The fraction of sp³-hybridized carbons (Fsp3) is 0.208. The smallest absolute Gasteiger partial charge is 0.301 e. The molecular formula is C24H22N2O6. The molecule has 4 rings (SSSR count). The number of aromatic nitrogens is 1. The molecule has 0 aliphatic carbocycles. The number of Topliss-reactive ketones (excluding diaryl/α,β-unsaturated/α-hetero) is 1. The van der Waals surface area contributed by atoms with Gasteiger partial charge in [0.1, 0.15) is 23.0 Å². The SMILES string of the molecule is CCOc1ccc([C@H]2C(=C(O)c3cccc(OC)c3)C(=O)C(=O)N2c2cc(C)on2)cc1. The van der Waals surface area contributed by atoms with Crippen LogP contribution in [-0.2, 0) is 9.59 Å². The van der Waals surface area contributed by atoms with Crippen LogP contribution >= 0.6 is 0 Å². The van der Waals surface area contributed by atoms with E-state index in [-0.39, 0.29) is 17.2 Å². The summed E-state index contributed by atoms with van der Waals surface area (Å²) in [4.78, 5) is 27.4. The predicted molar refractivity (Wildman–Crippen MR) is 117 cm³/mol. The number of anilines is 1. The molecule has 0 spiro atoms. The minimum absolute atomic E-state index is 0.0481. The van der Waals surface area contributed by atoms with Crippen LogP contribution in [0.25, 0.3) is 5.76 Å². The number of aryl methyl sites for hydroxylation is 1. The van der Waals surface area contributed by atoms with Crippen molar-refractivity contribution >= 4 is 23.3 Å². The molecule has 0 radical (unpaired) electrons. The topological polar surface area (TPSA) is 102 Å². The Morgan fingerprint density at radius 3 is 2.50 bits per heavy atom. The van der Waals surface area contributed by atoms with E-state index in [0.717, 1.165) is 0 Å². The van der Waals surface area contributed by atoms with Crippen molar-refractivity contribution < 1.29 is 28.7 Å². The summed E-state index contributed by atoms with van der Waals surface area (Å²) in [6.45, 7) is 4.07. The lowest BCUT2D eigenvalue weighted by molar-refractivity contribution is -0.132.